The lowest BCUT2D eigenvalue weighted by Gasteiger charge is -2.39. The van der Waals surface area contributed by atoms with E-state index in [1.54, 1.807) is 26.8 Å². The lowest BCUT2D eigenvalue weighted by molar-refractivity contribution is 0.00499. The van der Waals surface area contributed by atoms with Gasteiger partial charge in [0.1, 0.15) is 29.4 Å². The number of likely N-dealkylation sites (tertiary alicyclic amines) is 1. The molecule has 36 heavy (non-hydrogen) atoms. The summed E-state index contributed by atoms with van der Waals surface area (Å²) in [6, 6.07) is 8.22. The Hall–Kier alpha value is -1.89. The van der Waals surface area contributed by atoms with Crippen LogP contribution in [0.25, 0.3) is 0 Å². The van der Waals surface area contributed by atoms with Crippen LogP contribution < -0.4 is 4.74 Å². The predicted octanol–water partition coefficient (Wildman–Crippen LogP) is 7.91. The zero-order valence-corrected chi connectivity index (χ0v) is 22.7. The topological polar surface area (TPSA) is 38.8 Å². The summed E-state index contributed by atoms with van der Waals surface area (Å²) in [7, 11) is 0. The third-order valence-corrected chi connectivity index (χ3v) is 7.27. The van der Waals surface area contributed by atoms with Crippen molar-refractivity contribution in [3.8, 4) is 5.75 Å². The lowest BCUT2D eigenvalue weighted by atomic mass is 9.92. The molecule has 2 aromatic rings. The van der Waals surface area contributed by atoms with Crippen LogP contribution in [0.15, 0.2) is 30.3 Å². The second-order valence-corrected chi connectivity index (χ2v) is 11.9. The molecule has 1 atom stereocenters. The summed E-state index contributed by atoms with van der Waals surface area (Å²) in [5, 5.41) is 1.15. The van der Waals surface area contributed by atoms with Crippen LogP contribution in [-0.4, -0.2) is 41.8 Å². The first-order valence-corrected chi connectivity index (χ1v) is 13.2. The first-order valence-electron chi connectivity index (χ1n) is 12.4. The Morgan fingerprint density at radius 1 is 1.11 bits per heavy atom. The number of carbonyl (C=O) groups excluding carboxylic acids is 1. The molecule has 4 nitrogen and oxygen atoms in total. The Morgan fingerprint density at radius 3 is 2.28 bits per heavy atom. The first-order chi connectivity index (χ1) is 16.8. The molecule has 4 rings (SSSR count). The minimum atomic E-state index is -1.52. The molecular weight excluding hydrogens is 507 g/mol. The standard InChI is InChI=1S/C28H33Cl2F2NO3/c1-17(19-11-20(29)13-21(30)12-19)33-9-7-28(32,8-10-33)16-35-25-15-24(31)23(14-22(25)18-5-6-18)26(34)36-27(2,3)4/h11-15,17-18H,5-10,16H2,1-4H3/t17-/m0/s1. The highest BCUT2D eigenvalue weighted by molar-refractivity contribution is 6.34. The maximum absolute atomic E-state index is 15.7. The fraction of sp³-hybridized carbons (Fsp3) is 0.536. The van der Waals surface area contributed by atoms with E-state index >= 15 is 4.39 Å². The third kappa shape index (κ3) is 6.70. The van der Waals surface area contributed by atoms with E-state index in [4.69, 9.17) is 32.7 Å². The quantitative estimate of drug-likeness (QED) is 0.335. The molecule has 0 aromatic heterocycles. The monoisotopic (exact) mass is 539 g/mol. The minimum Gasteiger partial charge on any atom is -0.490 e. The Bertz CT molecular complexity index is 1100. The maximum Gasteiger partial charge on any atom is 0.341 e. The highest BCUT2D eigenvalue weighted by Gasteiger charge is 2.38. The van der Waals surface area contributed by atoms with Crippen LogP contribution in [-0.2, 0) is 4.74 Å². The average Bonchev–Trinajstić information content (AvgIpc) is 3.61. The van der Waals surface area contributed by atoms with Crippen molar-refractivity contribution in [2.45, 2.75) is 76.6 Å². The average molecular weight is 540 g/mol. The van der Waals surface area contributed by atoms with Crippen LogP contribution in [0.5, 0.6) is 5.75 Å². The van der Waals surface area contributed by atoms with Crippen molar-refractivity contribution in [1.29, 1.82) is 0 Å². The molecule has 0 bridgehead atoms. The van der Waals surface area contributed by atoms with E-state index < -0.39 is 23.1 Å². The van der Waals surface area contributed by atoms with E-state index in [0.717, 1.165) is 24.0 Å². The van der Waals surface area contributed by atoms with E-state index in [1.807, 2.05) is 12.1 Å². The van der Waals surface area contributed by atoms with Gasteiger partial charge in [0.25, 0.3) is 0 Å². The molecule has 2 fully saturated rings. The van der Waals surface area contributed by atoms with Gasteiger partial charge in [-0.25, -0.2) is 13.6 Å². The molecular formula is C28H33Cl2F2NO3. The Morgan fingerprint density at radius 2 is 1.72 bits per heavy atom. The second-order valence-electron chi connectivity index (χ2n) is 11.0. The number of halogens is 4. The maximum atomic E-state index is 15.7. The van der Waals surface area contributed by atoms with Crippen LogP contribution in [0.4, 0.5) is 8.78 Å². The number of hydrogen-bond donors (Lipinski definition) is 0. The number of esters is 1. The van der Waals surface area contributed by atoms with Gasteiger partial charge in [0, 0.05) is 35.2 Å². The summed E-state index contributed by atoms with van der Waals surface area (Å²) < 4.78 is 41.8. The van der Waals surface area contributed by atoms with Gasteiger partial charge < -0.3 is 9.47 Å². The molecule has 2 aliphatic rings. The lowest BCUT2D eigenvalue weighted by Crippen LogP contribution is -2.45. The van der Waals surface area contributed by atoms with E-state index in [1.165, 1.54) is 12.1 Å². The number of piperidine rings is 1. The molecule has 8 heteroatoms. The molecule has 1 aliphatic carbocycles. The van der Waals surface area contributed by atoms with Crippen LogP contribution >= 0.6 is 23.2 Å². The number of hydrogen-bond acceptors (Lipinski definition) is 4. The first kappa shape index (κ1) is 27.2. The summed E-state index contributed by atoms with van der Waals surface area (Å²) in [6.07, 6.45) is 2.44. The normalized spacial score (nSPS) is 19.1. The third-order valence-electron chi connectivity index (χ3n) is 6.83. The molecule has 0 unspecified atom stereocenters. The summed E-state index contributed by atoms with van der Waals surface area (Å²) in [5.41, 5.74) is -0.639. The largest absolute Gasteiger partial charge is 0.490 e. The molecule has 1 heterocycles. The van der Waals surface area contributed by atoms with E-state index in [2.05, 4.69) is 11.8 Å². The number of alkyl halides is 1. The number of ether oxygens (including phenoxy) is 2. The fourth-order valence-corrected chi connectivity index (χ4v) is 5.13. The molecule has 1 aliphatic heterocycles. The van der Waals surface area contributed by atoms with Crippen LogP contribution in [0.2, 0.25) is 10.0 Å². The molecule has 196 valence electrons. The summed E-state index contributed by atoms with van der Waals surface area (Å²) >= 11 is 12.3. The van der Waals surface area contributed by atoms with Gasteiger partial charge in [-0.15, -0.1) is 0 Å². The number of benzene rings is 2. The van der Waals surface area contributed by atoms with Crippen molar-refractivity contribution >= 4 is 29.2 Å². The van der Waals surface area contributed by atoms with Crippen LogP contribution in [0.3, 0.4) is 0 Å². The van der Waals surface area contributed by atoms with Crippen molar-refractivity contribution in [2.24, 2.45) is 0 Å². The summed E-state index contributed by atoms with van der Waals surface area (Å²) in [4.78, 5) is 14.7. The zero-order chi connectivity index (χ0) is 26.3. The summed E-state index contributed by atoms with van der Waals surface area (Å²) in [5.74, 6) is -0.938. The van der Waals surface area contributed by atoms with Gasteiger partial charge in [-0.3, -0.25) is 4.90 Å². The van der Waals surface area contributed by atoms with Crippen molar-refractivity contribution in [1.82, 2.24) is 4.90 Å². The molecule has 0 spiro atoms. The van der Waals surface area contributed by atoms with Crippen LogP contribution in [0.1, 0.15) is 86.8 Å². The molecule has 0 N–H and O–H groups in total. The summed E-state index contributed by atoms with van der Waals surface area (Å²) in [6.45, 7) is 8.19. The van der Waals surface area contributed by atoms with Gasteiger partial charge in [0.15, 0.2) is 0 Å². The highest BCUT2D eigenvalue weighted by Crippen LogP contribution is 2.46. The number of carbonyl (C=O) groups is 1. The van der Waals surface area contributed by atoms with Crippen molar-refractivity contribution in [2.75, 3.05) is 19.7 Å². The number of rotatable bonds is 7. The molecule has 0 amide bonds. The fourth-order valence-electron chi connectivity index (χ4n) is 4.59. The van der Waals surface area contributed by atoms with Gasteiger partial charge in [-0.05, 0) is 94.7 Å². The van der Waals surface area contributed by atoms with Crippen molar-refractivity contribution in [3.63, 3.8) is 0 Å². The van der Waals surface area contributed by atoms with Gasteiger partial charge in [0.2, 0.25) is 0 Å². The minimum absolute atomic E-state index is 0.0441. The van der Waals surface area contributed by atoms with Crippen LogP contribution in [0, 0.1) is 5.82 Å². The zero-order valence-electron chi connectivity index (χ0n) is 21.2. The van der Waals surface area contributed by atoms with Gasteiger partial charge in [0.05, 0.1) is 5.56 Å². The SMILES string of the molecule is C[C@@H](c1cc(Cl)cc(Cl)c1)N1CCC(F)(COc2cc(F)c(C(=O)OC(C)(C)C)cc2C2CC2)CC1. The second kappa shape index (κ2) is 10.5. The Balaban J connectivity index is 1.41. The molecule has 2 aromatic carbocycles. The Labute approximate surface area is 221 Å². The Kier molecular flexibility index (Phi) is 7.89. The van der Waals surface area contributed by atoms with Gasteiger partial charge in [-0.2, -0.15) is 0 Å². The van der Waals surface area contributed by atoms with E-state index in [9.17, 15) is 9.18 Å². The highest BCUT2D eigenvalue weighted by atomic mass is 35.5. The van der Waals surface area contributed by atoms with Crippen molar-refractivity contribution < 1.29 is 23.0 Å². The molecule has 1 saturated heterocycles. The van der Waals surface area contributed by atoms with E-state index in [-0.39, 0.29) is 24.1 Å². The molecule has 1 saturated carbocycles. The smallest absolute Gasteiger partial charge is 0.341 e. The van der Waals surface area contributed by atoms with E-state index in [0.29, 0.717) is 41.7 Å². The van der Waals surface area contributed by atoms with Gasteiger partial charge in [-0.1, -0.05) is 23.2 Å². The predicted molar refractivity (Wildman–Crippen MR) is 139 cm³/mol. The molecule has 0 radical (unpaired) electrons. The van der Waals surface area contributed by atoms with Crippen molar-refractivity contribution in [3.05, 3.63) is 62.9 Å². The van der Waals surface area contributed by atoms with Gasteiger partial charge >= 0.3 is 5.97 Å². The number of nitrogens with zero attached hydrogens (tertiary/aromatic N) is 1.